The van der Waals surface area contributed by atoms with E-state index in [-0.39, 0.29) is 5.91 Å². The smallest absolute Gasteiger partial charge is 0.219 e. The predicted molar refractivity (Wildman–Crippen MR) is 79.9 cm³/mol. The zero-order valence-corrected chi connectivity index (χ0v) is 13.2. The van der Waals surface area contributed by atoms with Gasteiger partial charge in [-0.25, -0.2) is 4.68 Å². The average molecular weight is 304 g/mol. The van der Waals surface area contributed by atoms with E-state index in [1.54, 1.807) is 6.92 Å². The lowest BCUT2D eigenvalue weighted by Crippen LogP contribution is -2.47. The molecule has 0 radical (unpaired) electrons. The number of rotatable bonds is 4. The molecule has 1 aromatic heterocycles. The monoisotopic (exact) mass is 304 g/mol. The molecule has 3 heterocycles. The molecule has 1 saturated carbocycles. The number of amides is 1. The van der Waals surface area contributed by atoms with Gasteiger partial charge in [0.05, 0.1) is 12.6 Å². The molecule has 0 N–H and O–H groups in total. The maximum atomic E-state index is 11.9. The molecular formula is C15H24N6O. The molecular weight excluding hydrogens is 280 g/mol. The van der Waals surface area contributed by atoms with E-state index in [1.807, 2.05) is 4.68 Å². The van der Waals surface area contributed by atoms with Gasteiger partial charge < -0.3 is 4.90 Å². The highest BCUT2D eigenvalue weighted by atomic mass is 16.2. The molecule has 4 rings (SSSR count). The number of likely N-dealkylation sites (tertiary alicyclic amines) is 2. The van der Waals surface area contributed by atoms with Crippen molar-refractivity contribution in [3.05, 3.63) is 5.82 Å². The van der Waals surface area contributed by atoms with Gasteiger partial charge in [-0.15, -0.1) is 5.10 Å². The van der Waals surface area contributed by atoms with Gasteiger partial charge in [0.2, 0.25) is 5.91 Å². The molecule has 1 aliphatic carbocycles. The van der Waals surface area contributed by atoms with Crippen molar-refractivity contribution in [2.24, 2.45) is 0 Å². The van der Waals surface area contributed by atoms with Crippen molar-refractivity contribution in [1.82, 2.24) is 30.0 Å². The molecule has 0 unspecified atom stereocenters. The van der Waals surface area contributed by atoms with Crippen LogP contribution in [0.1, 0.15) is 57.3 Å². The summed E-state index contributed by atoms with van der Waals surface area (Å²) >= 11 is 0. The molecule has 0 bridgehead atoms. The van der Waals surface area contributed by atoms with Crippen LogP contribution in [0.3, 0.4) is 0 Å². The van der Waals surface area contributed by atoms with Crippen molar-refractivity contribution in [3.8, 4) is 0 Å². The molecule has 120 valence electrons. The molecule has 2 saturated heterocycles. The van der Waals surface area contributed by atoms with Crippen LogP contribution in [0.2, 0.25) is 0 Å². The van der Waals surface area contributed by atoms with Crippen LogP contribution in [0.5, 0.6) is 0 Å². The van der Waals surface area contributed by atoms with E-state index < -0.39 is 0 Å². The topological polar surface area (TPSA) is 67.2 Å². The fourth-order valence-corrected chi connectivity index (χ4v) is 4.17. The van der Waals surface area contributed by atoms with E-state index in [0.29, 0.717) is 18.1 Å². The highest BCUT2D eigenvalue weighted by molar-refractivity contribution is 5.74. The van der Waals surface area contributed by atoms with Gasteiger partial charge in [-0.3, -0.25) is 9.69 Å². The van der Waals surface area contributed by atoms with Gasteiger partial charge in [0.25, 0.3) is 0 Å². The van der Waals surface area contributed by atoms with Gasteiger partial charge >= 0.3 is 0 Å². The van der Waals surface area contributed by atoms with E-state index in [2.05, 4.69) is 25.3 Å². The van der Waals surface area contributed by atoms with E-state index in [9.17, 15) is 4.79 Å². The minimum atomic E-state index is 0.220. The zero-order chi connectivity index (χ0) is 15.1. The quantitative estimate of drug-likeness (QED) is 0.829. The largest absolute Gasteiger partial charge is 0.338 e. The molecule has 0 spiro atoms. The number of hydrogen-bond donors (Lipinski definition) is 0. The number of carbonyl (C=O) groups is 1. The molecule has 3 fully saturated rings. The van der Waals surface area contributed by atoms with Crippen LogP contribution in [0, 0.1) is 0 Å². The van der Waals surface area contributed by atoms with Crippen LogP contribution >= 0.6 is 0 Å². The molecule has 2 atom stereocenters. The van der Waals surface area contributed by atoms with Crippen molar-refractivity contribution in [2.45, 2.75) is 70.1 Å². The fraction of sp³-hybridized carbons (Fsp3) is 0.867. The second-order valence-electron chi connectivity index (χ2n) is 6.87. The Balaban J connectivity index is 1.49. The number of carbonyl (C=O) groups excluding carboxylic acids is 1. The minimum Gasteiger partial charge on any atom is -0.338 e. The summed E-state index contributed by atoms with van der Waals surface area (Å²) in [6.07, 6.45) is 7.05. The highest BCUT2D eigenvalue weighted by Gasteiger charge is 2.39. The predicted octanol–water partition coefficient (Wildman–Crippen LogP) is 0.983. The number of nitrogens with zero attached hydrogens (tertiary/aromatic N) is 6. The van der Waals surface area contributed by atoms with Crippen LogP contribution in [-0.4, -0.2) is 61.1 Å². The zero-order valence-electron chi connectivity index (χ0n) is 13.2. The summed E-state index contributed by atoms with van der Waals surface area (Å²) in [7, 11) is 0. The summed E-state index contributed by atoms with van der Waals surface area (Å²) in [6, 6.07) is 1.37. The summed E-state index contributed by atoms with van der Waals surface area (Å²) in [4.78, 5) is 16.4. The molecule has 1 aromatic rings. The summed E-state index contributed by atoms with van der Waals surface area (Å²) in [5, 5.41) is 12.2. The summed E-state index contributed by atoms with van der Waals surface area (Å²) < 4.78 is 2.01. The van der Waals surface area contributed by atoms with Gasteiger partial charge in [0.1, 0.15) is 0 Å². The third kappa shape index (κ3) is 2.51. The third-order valence-electron chi connectivity index (χ3n) is 5.36. The number of tetrazole rings is 1. The first kappa shape index (κ1) is 14.1. The van der Waals surface area contributed by atoms with Gasteiger partial charge in [0.15, 0.2) is 5.82 Å². The lowest BCUT2D eigenvalue weighted by molar-refractivity contribution is -0.130. The van der Waals surface area contributed by atoms with Gasteiger partial charge in [-0.05, 0) is 55.5 Å². The van der Waals surface area contributed by atoms with Crippen LogP contribution < -0.4 is 0 Å². The Morgan fingerprint density at radius 3 is 2.68 bits per heavy atom. The van der Waals surface area contributed by atoms with E-state index >= 15 is 0 Å². The molecule has 7 nitrogen and oxygen atoms in total. The van der Waals surface area contributed by atoms with Gasteiger partial charge in [-0.2, -0.15) is 0 Å². The van der Waals surface area contributed by atoms with E-state index in [0.717, 1.165) is 38.3 Å². The van der Waals surface area contributed by atoms with Crippen molar-refractivity contribution in [3.63, 3.8) is 0 Å². The van der Waals surface area contributed by atoms with Crippen LogP contribution in [0.4, 0.5) is 0 Å². The summed E-state index contributed by atoms with van der Waals surface area (Å²) in [5.74, 6) is 1.21. The SMILES string of the molecule is CC(=O)N1CCC[C@H]1[C@H]1CCCN1Cc1nnnn1C1CC1. The molecule has 1 amide bonds. The van der Waals surface area contributed by atoms with Crippen molar-refractivity contribution < 1.29 is 4.79 Å². The standard InChI is InChI=1S/C15H24N6O/c1-11(22)20-9-3-5-14(20)13-4-2-8-19(13)10-15-16-17-18-21(15)12-6-7-12/h12-14H,2-10H2,1H3/t13-,14+/m1/s1. The van der Waals surface area contributed by atoms with Gasteiger partial charge in [0, 0.05) is 25.6 Å². The first-order chi connectivity index (χ1) is 10.7. The Morgan fingerprint density at radius 2 is 1.91 bits per heavy atom. The van der Waals surface area contributed by atoms with Crippen LogP contribution in [0.25, 0.3) is 0 Å². The third-order valence-corrected chi connectivity index (χ3v) is 5.36. The Labute approximate surface area is 130 Å². The van der Waals surface area contributed by atoms with Crippen molar-refractivity contribution in [2.75, 3.05) is 13.1 Å². The molecule has 3 aliphatic rings. The van der Waals surface area contributed by atoms with Gasteiger partial charge in [-0.1, -0.05) is 0 Å². The van der Waals surface area contributed by atoms with E-state index in [4.69, 9.17) is 0 Å². The molecule has 7 heteroatoms. The second-order valence-corrected chi connectivity index (χ2v) is 6.87. The molecule has 22 heavy (non-hydrogen) atoms. The van der Waals surface area contributed by atoms with Crippen LogP contribution in [-0.2, 0) is 11.3 Å². The lowest BCUT2D eigenvalue weighted by Gasteiger charge is -2.34. The summed E-state index contributed by atoms with van der Waals surface area (Å²) in [5.41, 5.74) is 0. The number of hydrogen-bond acceptors (Lipinski definition) is 5. The van der Waals surface area contributed by atoms with Crippen molar-refractivity contribution >= 4 is 5.91 Å². The maximum Gasteiger partial charge on any atom is 0.219 e. The Bertz CT molecular complexity index is 554. The Morgan fingerprint density at radius 1 is 1.14 bits per heavy atom. The van der Waals surface area contributed by atoms with E-state index in [1.165, 1.54) is 25.7 Å². The molecule has 2 aliphatic heterocycles. The minimum absolute atomic E-state index is 0.220. The average Bonchev–Trinajstić information content (AvgIpc) is 2.95. The Kier molecular flexibility index (Phi) is 3.60. The first-order valence-corrected chi connectivity index (χ1v) is 8.52. The maximum absolute atomic E-state index is 11.9. The van der Waals surface area contributed by atoms with Crippen molar-refractivity contribution in [1.29, 1.82) is 0 Å². The fourth-order valence-electron chi connectivity index (χ4n) is 4.17. The normalized spacial score (nSPS) is 29.4. The first-order valence-electron chi connectivity index (χ1n) is 8.52. The highest BCUT2D eigenvalue weighted by Crippen LogP contribution is 2.35. The second kappa shape index (κ2) is 5.61. The summed E-state index contributed by atoms with van der Waals surface area (Å²) in [6.45, 7) is 4.52. The molecule has 0 aromatic carbocycles. The van der Waals surface area contributed by atoms with Crippen LogP contribution in [0.15, 0.2) is 0 Å². The lowest BCUT2D eigenvalue weighted by atomic mass is 10.0. The Hall–Kier alpha value is -1.50. The number of aromatic nitrogens is 4.